The molecule has 1 aromatic rings. The summed E-state index contributed by atoms with van der Waals surface area (Å²) in [6.07, 6.45) is 0.430. The maximum Gasteiger partial charge on any atom is 0.153 e. The van der Waals surface area contributed by atoms with Gasteiger partial charge in [0, 0.05) is 17.7 Å². The Morgan fingerprint density at radius 1 is 1.37 bits per heavy atom. The highest BCUT2D eigenvalue weighted by molar-refractivity contribution is 7.91. The molecular formula is C14H18O4S. The Labute approximate surface area is 114 Å². The Hall–Kier alpha value is -1.51. The molecule has 0 spiro atoms. The second-order valence-electron chi connectivity index (χ2n) is 3.89. The maximum atomic E-state index is 11.3. The van der Waals surface area contributed by atoms with Crippen molar-refractivity contribution in [1.29, 1.82) is 0 Å². The van der Waals surface area contributed by atoms with E-state index >= 15 is 0 Å². The summed E-state index contributed by atoms with van der Waals surface area (Å²) in [5.74, 6) is 6.46. The third kappa shape index (κ3) is 6.27. The third-order valence-corrected chi connectivity index (χ3v) is 4.07. The molecule has 0 aliphatic carbocycles. The molecule has 0 radical (unpaired) electrons. The summed E-state index contributed by atoms with van der Waals surface area (Å²) in [6, 6.07) is 7.14. The summed E-state index contributed by atoms with van der Waals surface area (Å²) in [6.45, 7) is 1.80. The lowest BCUT2D eigenvalue weighted by atomic mass is 10.2. The van der Waals surface area contributed by atoms with Gasteiger partial charge in [0.25, 0.3) is 0 Å². The Morgan fingerprint density at radius 3 is 2.84 bits per heavy atom. The molecule has 104 valence electrons. The lowest BCUT2D eigenvalue weighted by molar-refractivity contribution is 0.305. The van der Waals surface area contributed by atoms with E-state index in [1.165, 1.54) is 0 Å². The highest BCUT2D eigenvalue weighted by Crippen LogP contribution is 2.12. The lowest BCUT2D eigenvalue weighted by Crippen LogP contribution is -2.15. The summed E-state index contributed by atoms with van der Waals surface area (Å²) >= 11 is 0. The van der Waals surface area contributed by atoms with Crippen LogP contribution in [0.5, 0.6) is 5.75 Å². The SMILES string of the molecule is CCS(=O)(=O)CCOc1cccc(C#CCCO)c1. The maximum absolute atomic E-state index is 11.3. The molecule has 0 saturated carbocycles. The van der Waals surface area contributed by atoms with Crippen molar-refractivity contribution in [2.24, 2.45) is 0 Å². The first-order chi connectivity index (χ1) is 9.07. The zero-order valence-corrected chi connectivity index (χ0v) is 11.7. The van der Waals surface area contributed by atoms with Crippen molar-refractivity contribution < 1.29 is 18.3 Å². The molecule has 1 rings (SSSR count). The fraction of sp³-hybridized carbons (Fsp3) is 0.429. The number of hydrogen-bond acceptors (Lipinski definition) is 4. The van der Waals surface area contributed by atoms with E-state index in [1.54, 1.807) is 25.1 Å². The fourth-order valence-corrected chi connectivity index (χ4v) is 1.94. The van der Waals surface area contributed by atoms with E-state index in [4.69, 9.17) is 9.84 Å². The van der Waals surface area contributed by atoms with E-state index in [0.717, 1.165) is 5.56 Å². The van der Waals surface area contributed by atoms with Crippen molar-refractivity contribution in [3.8, 4) is 17.6 Å². The van der Waals surface area contributed by atoms with Crippen LogP contribution in [0.25, 0.3) is 0 Å². The molecule has 4 nitrogen and oxygen atoms in total. The monoisotopic (exact) mass is 282 g/mol. The van der Waals surface area contributed by atoms with Gasteiger partial charge in [0.05, 0.1) is 12.4 Å². The van der Waals surface area contributed by atoms with Gasteiger partial charge in [-0.1, -0.05) is 24.8 Å². The van der Waals surface area contributed by atoms with Crippen LogP contribution in [-0.4, -0.2) is 38.2 Å². The number of sulfone groups is 1. The van der Waals surface area contributed by atoms with Gasteiger partial charge in [0.2, 0.25) is 0 Å². The Bertz CT molecular complexity index is 552. The van der Waals surface area contributed by atoms with Crippen LogP contribution >= 0.6 is 0 Å². The molecule has 0 aliphatic heterocycles. The minimum Gasteiger partial charge on any atom is -0.492 e. The number of aliphatic hydroxyl groups excluding tert-OH is 1. The molecule has 0 bridgehead atoms. The fourth-order valence-electron chi connectivity index (χ4n) is 1.31. The minimum atomic E-state index is -3.00. The van der Waals surface area contributed by atoms with E-state index in [9.17, 15) is 8.42 Å². The first-order valence-corrected chi connectivity index (χ1v) is 7.92. The van der Waals surface area contributed by atoms with Crippen LogP contribution < -0.4 is 4.74 Å². The van der Waals surface area contributed by atoms with E-state index in [-0.39, 0.29) is 24.7 Å². The molecule has 1 N–H and O–H groups in total. The number of aliphatic hydroxyl groups is 1. The topological polar surface area (TPSA) is 63.6 Å². The molecule has 19 heavy (non-hydrogen) atoms. The predicted molar refractivity (Wildman–Crippen MR) is 74.8 cm³/mol. The summed E-state index contributed by atoms with van der Waals surface area (Å²) in [7, 11) is -3.00. The lowest BCUT2D eigenvalue weighted by Gasteiger charge is -2.06. The molecule has 0 saturated heterocycles. The first kappa shape index (κ1) is 15.5. The van der Waals surface area contributed by atoms with Gasteiger partial charge in [-0.05, 0) is 18.2 Å². The normalized spacial score (nSPS) is 10.6. The predicted octanol–water partition coefficient (Wildman–Crippen LogP) is 1.23. The van der Waals surface area contributed by atoms with Gasteiger partial charge in [0.15, 0.2) is 9.84 Å². The Morgan fingerprint density at radius 2 is 2.16 bits per heavy atom. The summed E-state index contributed by atoms with van der Waals surface area (Å²) in [5.41, 5.74) is 0.782. The molecule has 5 heteroatoms. The van der Waals surface area contributed by atoms with Crippen molar-refractivity contribution >= 4 is 9.84 Å². The number of ether oxygens (including phenoxy) is 1. The van der Waals surface area contributed by atoms with Crippen molar-refractivity contribution in [1.82, 2.24) is 0 Å². The quantitative estimate of drug-likeness (QED) is 0.797. The molecule has 0 amide bonds. The van der Waals surface area contributed by atoms with E-state index < -0.39 is 9.84 Å². The second-order valence-corrected chi connectivity index (χ2v) is 6.36. The zero-order valence-electron chi connectivity index (χ0n) is 10.9. The van der Waals surface area contributed by atoms with Gasteiger partial charge in [-0.2, -0.15) is 0 Å². The van der Waals surface area contributed by atoms with Crippen molar-refractivity contribution in [3.63, 3.8) is 0 Å². The van der Waals surface area contributed by atoms with Crippen LogP contribution in [0.2, 0.25) is 0 Å². The van der Waals surface area contributed by atoms with Crippen LogP contribution in [0.4, 0.5) is 0 Å². The molecule has 0 aliphatic rings. The molecule has 0 aromatic heterocycles. The third-order valence-electron chi connectivity index (χ3n) is 2.41. The molecule has 0 heterocycles. The highest BCUT2D eigenvalue weighted by atomic mass is 32.2. The average molecular weight is 282 g/mol. The molecule has 0 fully saturated rings. The van der Waals surface area contributed by atoms with Crippen LogP contribution in [0.1, 0.15) is 18.9 Å². The smallest absolute Gasteiger partial charge is 0.153 e. The van der Waals surface area contributed by atoms with Crippen molar-refractivity contribution in [3.05, 3.63) is 29.8 Å². The van der Waals surface area contributed by atoms with Crippen LogP contribution in [0.15, 0.2) is 24.3 Å². The van der Waals surface area contributed by atoms with Gasteiger partial charge in [-0.15, -0.1) is 0 Å². The zero-order chi connectivity index (χ0) is 14.1. The van der Waals surface area contributed by atoms with E-state index in [0.29, 0.717) is 12.2 Å². The highest BCUT2D eigenvalue weighted by Gasteiger charge is 2.07. The van der Waals surface area contributed by atoms with Gasteiger partial charge >= 0.3 is 0 Å². The second kappa shape index (κ2) is 7.82. The van der Waals surface area contributed by atoms with Crippen LogP contribution in [0, 0.1) is 11.8 Å². The molecule has 1 aromatic carbocycles. The summed E-state index contributed by atoms with van der Waals surface area (Å²) in [4.78, 5) is 0. The number of hydrogen-bond donors (Lipinski definition) is 1. The Balaban J connectivity index is 2.56. The molecule has 0 unspecified atom stereocenters. The molecule has 0 atom stereocenters. The summed E-state index contributed by atoms with van der Waals surface area (Å²) in [5, 5.41) is 8.63. The standard InChI is InChI=1S/C14H18O4S/c1-2-19(16,17)11-10-18-14-8-5-7-13(12-14)6-3-4-9-15/h5,7-8,12,15H,2,4,9-11H2,1H3. The van der Waals surface area contributed by atoms with Crippen LogP contribution in [-0.2, 0) is 9.84 Å². The Kier molecular flexibility index (Phi) is 6.40. The minimum absolute atomic E-state index is 0.0178. The molecular weight excluding hydrogens is 264 g/mol. The largest absolute Gasteiger partial charge is 0.492 e. The number of benzene rings is 1. The van der Waals surface area contributed by atoms with Gasteiger partial charge < -0.3 is 9.84 Å². The average Bonchev–Trinajstić information content (AvgIpc) is 2.39. The first-order valence-electron chi connectivity index (χ1n) is 6.10. The van der Waals surface area contributed by atoms with Gasteiger partial charge in [0.1, 0.15) is 12.4 Å². The van der Waals surface area contributed by atoms with Crippen molar-refractivity contribution in [2.75, 3.05) is 24.7 Å². The van der Waals surface area contributed by atoms with Gasteiger partial charge in [-0.3, -0.25) is 0 Å². The van der Waals surface area contributed by atoms with Crippen molar-refractivity contribution in [2.45, 2.75) is 13.3 Å². The van der Waals surface area contributed by atoms with Crippen LogP contribution in [0.3, 0.4) is 0 Å². The number of rotatable bonds is 6. The summed E-state index contributed by atoms with van der Waals surface area (Å²) < 4.78 is 28.0. The van der Waals surface area contributed by atoms with E-state index in [2.05, 4.69) is 11.8 Å². The van der Waals surface area contributed by atoms with Gasteiger partial charge in [-0.25, -0.2) is 8.42 Å². The van der Waals surface area contributed by atoms with E-state index in [1.807, 2.05) is 6.07 Å².